The summed E-state index contributed by atoms with van der Waals surface area (Å²) in [4.78, 5) is 4.95. The van der Waals surface area contributed by atoms with Crippen molar-refractivity contribution in [3.05, 3.63) is 24.5 Å². The monoisotopic (exact) mass is 224 g/mol. The number of pyridine rings is 1. The highest BCUT2D eigenvalue weighted by molar-refractivity contribution is 7.80. The molecule has 0 radical (unpaired) electrons. The van der Waals surface area contributed by atoms with Gasteiger partial charge in [0.15, 0.2) is 0 Å². The number of rotatable bonds is 3. The molecule has 1 aromatic rings. The Kier molecular flexibility index (Phi) is 3.77. The maximum Gasteiger partial charge on any atom is 0.0770 e. The van der Waals surface area contributed by atoms with E-state index in [4.69, 9.17) is 12.2 Å². The lowest BCUT2D eigenvalue weighted by Gasteiger charge is -2.17. The van der Waals surface area contributed by atoms with Gasteiger partial charge in [-0.15, -0.1) is 0 Å². The Morgan fingerprint density at radius 1 is 1.50 bits per heavy atom. The van der Waals surface area contributed by atoms with Gasteiger partial charge in [-0.05, 0) is 18.2 Å². The van der Waals surface area contributed by atoms with Gasteiger partial charge in [0.2, 0.25) is 0 Å². The zero-order valence-corrected chi connectivity index (χ0v) is 10.7. The van der Waals surface area contributed by atoms with Crippen molar-refractivity contribution in [3.63, 3.8) is 0 Å². The molecule has 0 aliphatic carbocycles. The molecule has 0 atom stereocenters. The highest BCUT2D eigenvalue weighted by Gasteiger charge is 2.15. The molecule has 0 aliphatic rings. The first-order valence-electron chi connectivity index (χ1n) is 4.67. The van der Waals surface area contributed by atoms with Crippen LogP contribution >= 0.6 is 12.2 Å². The molecule has 76 valence electrons. The fourth-order valence-corrected chi connectivity index (χ4v) is 3.59. The maximum absolute atomic E-state index is 5.28. The molecule has 0 unspecified atom stereocenters. The first-order chi connectivity index (χ1) is 6.47. The highest BCUT2D eigenvalue weighted by atomic mass is 32.1. The normalized spacial score (nSPS) is 11.1. The van der Waals surface area contributed by atoms with Crippen molar-refractivity contribution in [2.45, 2.75) is 25.7 Å². The number of aromatic nitrogens is 1. The van der Waals surface area contributed by atoms with Gasteiger partial charge in [0.25, 0.3) is 0 Å². The van der Waals surface area contributed by atoms with Crippen LogP contribution in [0.4, 0.5) is 5.69 Å². The molecule has 1 rings (SSSR count). The highest BCUT2D eigenvalue weighted by Crippen LogP contribution is 2.12. The van der Waals surface area contributed by atoms with E-state index in [1.165, 1.54) is 0 Å². The Morgan fingerprint density at radius 3 is 2.71 bits per heavy atom. The SMILES string of the molecule is C[Si](C)(C)CC(=S)Nc1cccnc1. The summed E-state index contributed by atoms with van der Waals surface area (Å²) in [5, 5.41) is 3.20. The fraction of sp³-hybridized carbons (Fsp3) is 0.400. The summed E-state index contributed by atoms with van der Waals surface area (Å²) in [6, 6.07) is 4.90. The van der Waals surface area contributed by atoms with Gasteiger partial charge in [0, 0.05) is 6.20 Å². The second-order valence-corrected chi connectivity index (χ2v) is 10.5. The largest absolute Gasteiger partial charge is 0.349 e. The molecule has 0 aromatic carbocycles. The van der Waals surface area contributed by atoms with E-state index in [2.05, 4.69) is 29.9 Å². The van der Waals surface area contributed by atoms with E-state index in [9.17, 15) is 0 Å². The van der Waals surface area contributed by atoms with Gasteiger partial charge in [-0.1, -0.05) is 31.9 Å². The van der Waals surface area contributed by atoms with Crippen molar-refractivity contribution in [3.8, 4) is 0 Å². The number of nitrogens with zero attached hydrogens (tertiary/aromatic N) is 1. The molecule has 0 saturated carbocycles. The predicted molar refractivity (Wildman–Crippen MR) is 68.6 cm³/mol. The van der Waals surface area contributed by atoms with Crippen LogP contribution in [0.5, 0.6) is 0 Å². The molecule has 0 bridgehead atoms. The lowest BCUT2D eigenvalue weighted by molar-refractivity contribution is 1.33. The van der Waals surface area contributed by atoms with Crippen molar-refractivity contribution < 1.29 is 0 Å². The third-order valence-electron chi connectivity index (χ3n) is 1.64. The second-order valence-electron chi connectivity index (χ2n) is 4.53. The summed E-state index contributed by atoms with van der Waals surface area (Å²) in [6.45, 7) is 6.93. The molecule has 0 aliphatic heterocycles. The third kappa shape index (κ3) is 4.48. The van der Waals surface area contributed by atoms with E-state index in [0.717, 1.165) is 16.7 Å². The van der Waals surface area contributed by atoms with Crippen LogP contribution in [-0.4, -0.2) is 18.0 Å². The Bertz CT molecular complexity index is 306. The molecule has 0 fully saturated rings. The van der Waals surface area contributed by atoms with Crippen molar-refractivity contribution in [2.24, 2.45) is 0 Å². The van der Waals surface area contributed by atoms with Gasteiger partial charge in [-0.3, -0.25) is 4.98 Å². The minimum Gasteiger partial charge on any atom is -0.349 e. The summed E-state index contributed by atoms with van der Waals surface area (Å²) in [6.07, 6.45) is 3.54. The van der Waals surface area contributed by atoms with E-state index in [0.29, 0.717) is 0 Å². The molecule has 14 heavy (non-hydrogen) atoms. The maximum atomic E-state index is 5.28. The molecule has 1 heterocycles. The van der Waals surface area contributed by atoms with Crippen LogP contribution in [-0.2, 0) is 0 Å². The van der Waals surface area contributed by atoms with E-state index in [1.807, 2.05) is 12.1 Å². The van der Waals surface area contributed by atoms with E-state index >= 15 is 0 Å². The van der Waals surface area contributed by atoms with Gasteiger partial charge < -0.3 is 5.32 Å². The Labute approximate surface area is 91.8 Å². The van der Waals surface area contributed by atoms with Crippen molar-refractivity contribution in [2.75, 3.05) is 5.32 Å². The third-order valence-corrected chi connectivity index (χ3v) is 3.55. The molecular formula is C10H16N2SSi. The van der Waals surface area contributed by atoms with Gasteiger partial charge >= 0.3 is 0 Å². The lowest BCUT2D eigenvalue weighted by atomic mass is 10.4. The van der Waals surface area contributed by atoms with Gasteiger partial charge in [0.05, 0.1) is 24.9 Å². The second kappa shape index (κ2) is 4.66. The Balaban J connectivity index is 2.50. The summed E-state index contributed by atoms with van der Waals surface area (Å²) in [5.41, 5.74) is 0.982. The minimum atomic E-state index is -1.10. The van der Waals surface area contributed by atoms with Gasteiger partial charge in [-0.2, -0.15) is 0 Å². The first-order valence-corrected chi connectivity index (χ1v) is 8.79. The fourth-order valence-electron chi connectivity index (χ4n) is 1.12. The lowest BCUT2D eigenvalue weighted by Crippen LogP contribution is -2.26. The number of hydrogen-bond acceptors (Lipinski definition) is 2. The van der Waals surface area contributed by atoms with Crippen LogP contribution in [0.15, 0.2) is 24.5 Å². The molecule has 1 N–H and O–H groups in total. The molecule has 4 heteroatoms. The molecule has 0 spiro atoms. The van der Waals surface area contributed by atoms with Gasteiger partial charge in [-0.25, -0.2) is 0 Å². The van der Waals surface area contributed by atoms with Crippen molar-refractivity contribution in [1.29, 1.82) is 0 Å². The standard InChI is InChI=1S/C10H16N2SSi/c1-14(2,3)8-10(13)12-9-5-4-6-11-7-9/h4-7H,8H2,1-3H3,(H,12,13). The van der Waals surface area contributed by atoms with Crippen LogP contribution < -0.4 is 5.32 Å². The van der Waals surface area contributed by atoms with E-state index in [1.54, 1.807) is 12.4 Å². The topological polar surface area (TPSA) is 24.9 Å². The molecule has 1 aromatic heterocycles. The number of nitrogens with one attached hydrogen (secondary N) is 1. The van der Waals surface area contributed by atoms with Crippen LogP contribution in [0.2, 0.25) is 25.7 Å². The minimum absolute atomic E-state index is 0.928. The Morgan fingerprint density at radius 2 is 2.21 bits per heavy atom. The quantitative estimate of drug-likeness (QED) is 0.630. The molecule has 0 amide bonds. The average molecular weight is 224 g/mol. The van der Waals surface area contributed by atoms with Crippen LogP contribution in [0.25, 0.3) is 0 Å². The number of thiocarbonyl (C=S) groups is 1. The van der Waals surface area contributed by atoms with Gasteiger partial charge in [0.1, 0.15) is 0 Å². The molecule has 0 saturated heterocycles. The number of hydrogen-bond donors (Lipinski definition) is 1. The zero-order valence-electron chi connectivity index (χ0n) is 8.87. The zero-order chi connectivity index (χ0) is 10.6. The predicted octanol–water partition coefficient (Wildman–Crippen LogP) is 3.16. The molecular weight excluding hydrogens is 208 g/mol. The van der Waals surface area contributed by atoms with Crippen LogP contribution in [0, 0.1) is 0 Å². The van der Waals surface area contributed by atoms with Crippen LogP contribution in [0.1, 0.15) is 0 Å². The smallest absolute Gasteiger partial charge is 0.0770 e. The Hall–Kier alpha value is -0.743. The van der Waals surface area contributed by atoms with E-state index < -0.39 is 8.07 Å². The summed E-state index contributed by atoms with van der Waals surface area (Å²) >= 11 is 5.28. The van der Waals surface area contributed by atoms with Crippen molar-refractivity contribution >= 4 is 31.0 Å². The average Bonchev–Trinajstić information content (AvgIpc) is 2.02. The summed E-state index contributed by atoms with van der Waals surface area (Å²) in [7, 11) is -1.10. The number of anilines is 1. The van der Waals surface area contributed by atoms with Crippen LogP contribution in [0.3, 0.4) is 0 Å². The summed E-state index contributed by atoms with van der Waals surface area (Å²) in [5.74, 6) is 0. The first kappa shape index (κ1) is 11.3. The molecule has 2 nitrogen and oxygen atoms in total. The van der Waals surface area contributed by atoms with Crippen molar-refractivity contribution in [1.82, 2.24) is 4.98 Å². The summed E-state index contributed by atoms with van der Waals surface area (Å²) < 4.78 is 0. The van der Waals surface area contributed by atoms with E-state index in [-0.39, 0.29) is 0 Å².